The number of alkyl halides is 2. The topological polar surface area (TPSA) is 46.5 Å². The van der Waals surface area contributed by atoms with Gasteiger partial charge in [-0.15, -0.1) is 23.2 Å². The minimum absolute atomic E-state index is 0.0972. The van der Waals surface area contributed by atoms with Crippen molar-refractivity contribution in [2.24, 2.45) is 0 Å². The second-order valence-corrected chi connectivity index (χ2v) is 3.72. The van der Waals surface area contributed by atoms with Crippen molar-refractivity contribution in [3.63, 3.8) is 0 Å². The lowest BCUT2D eigenvalue weighted by Gasteiger charge is -2.06. The molecule has 0 fully saturated rings. The average molecular weight is 262 g/mol. The van der Waals surface area contributed by atoms with E-state index in [1.54, 1.807) is 0 Å². The number of halogens is 3. The molecule has 0 saturated carbocycles. The van der Waals surface area contributed by atoms with E-state index in [9.17, 15) is 4.79 Å². The van der Waals surface area contributed by atoms with Gasteiger partial charge >= 0.3 is 5.97 Å². The van der Waals surface area contributed by atoms with Crippen LogP contribution in [0.25, 0.3) is 0 Å². The summed E-state index contributed by atoms with van der Waals surface area (Å²) in [5, 5.41) is 9.00. The van der Waals surface area contributed by atoms with Gasteiger partial charge in [0.1, 0.15) is 9.32 Å². The lowest BCUT2D eigenvalue weighted by atomic mass is 10.3. The molecule has 0 aromatic carbocycles. The largest absolute Gasteiger partial charge is 0.428 e. The van der Waals surface area contributed by atoms with Crippen LogP contribution in [0.5, 0.6) is 0 Å². The lowest BCUT2D eigenvalue weighted by Crippen LogP contribution is -2.13. The van der Waals surface area contributed by atoms with Gasteiger partial charge in [-0.2, -0.15) is 0 Å². The fourth-order valence-corrected chi connectivity index (χ4v) is 1.86. The van der Waals surface area contributed by atoms with Crippen molar-refractivity contribution in [3.8, 4) is 0 Å². The second kappa shape index (κ2) is 3.31. The molecular weight excluding hydrogens is 259 g/mol. The van der Waals surface area contributed by atoms with Gasteiger partial charge in [-0.05, 0) is 15.9 Å². The summed E-state index contributed by atoms with van der Waals surface area (Å²) in [7, 11) is 0. The Bertz CT molecular complexity index is 226. The minimum Gasteiger partial charge on any atom is -0.428 e. The lowest BCUT2D eigenvalue weighted by molar-refractivity contribution is -0.151. The van der Waals surface area contributed by atoms with Crippen molar-refractivity contribution in [2.45, 2.75) is 11.1 Å². The summed E-state index contributed by atoms with van der Waals surface area (Å²) in [6.45, 7) is 0. The summed E-state index contributed by atoms with van der Waals surface area (Å²) in [6.07, 6.45) is -1.32. The van der Waals surface area contributed by atoms with E-state index in [1.165, 1.54) is 0 Å². The van der Waals surface area contributed by atoms with E-state index in [0.29, 0.717) is 0 Å². The molecule has 1 N–H and O–H groups in total. The van der Waals surface area contributed by atoms with Gasteiger partial charge in [0.15, 0.2) is 0 Å². The highest BCUT2D eigenvalue weighted by molar-refractivity contribution is 9.12. The average Bonchev–Trinajstić information content (AvgIpc) is 2.07. The summed E-state index contributed by atoms with van der Waals surface area (Å²) in [5.74, 6) is -0.654. The molecule has 3 nitrogen and oxygen atoms in total. The van der Waals surface area contributed by atoms with Crippen LogP contribution in [-0.2, 0) is 9.53 Å². The summed E-state index contributed by atoms with van der Waals surface area (Å²) in [6, 6.07) is 0. The Hall–Kier alpha value is 0.230. The smallest absolute Gasteiger partial charge is 0.348 e. The molecule has 0 saturated heterocycles. The summed E-state index contributed by atoms with van der Waals surface area (Å²) >= 11 is 13.7. The van der Waals surface area contributed by atoms with E-state index < -0.39 is 17.1 Å². The van der Waals surface area contributed by atoms with Crippen LogP contribution in [0.2, 0.25) is 0 Å². The highest BCUT2D eigenvalue weighted by atomic mass is 79.9. The van der Waals surface area contributed by atoms with Gasteiger partial charge in [-0.3, -0.25) is 0 Å². The van der Waals surface area contributed by atoms with E-state index >= 15 is 0 Å². The number of esters is 1. The first-order valence-corrected chi connectivity index (χ1v) is 4.27. The van der Waals surface area contributed by atoms with Gasteiger partial charge in [0.25, 0.3) is 0 Å². The van der Waals surface area contributed by atoms with Crippen molar-refractivity contribution < 1.29 is 14.6 Å². The Morgan fingerprint density at radius 2 is 2.18 bits per heavy atom. The van der Waals surface area contributed by atoms with Gasteiger partial charge < -0.3 is 9.84 Å². The van der Waals surface area contributed by atoms with Crippen LogP contribution in [0.15, 0.2) is 10.1 Å². The van der Waals surface area contributed by atoms with Crippen molar-refractivity contribution in [3.05, 3.63) is 10.1 Å². The fourth-order valence-electron chi connectivity index (χ4n) is 0.646. The number of carbonyl (C=O) groups is 1. The Labute approximate surface area is 81.0 Å². The molecule has 0 aromatic rings. The summed E-state index contributed by atoms with van der Waals surface area (Å²) in [5.41, 5.74) is 0.151. The Balaban J connectivity index is 2.97. The zero-order chi connectivity index (χ0) is 8.59. The predicted molar refractivity (Wildman–Crippen MR) is 43.5 cm³/mol. The maximum atomic E-state index is 10.7. The first kappa shape index (κ1) is 9.32. The van der Waals surface area contributed by atoms with Crippen molar-refractivity contribution in [1.82, 2.24) is 0 Å². The molecule has 1 aliphatic heterocycles. The molecule has 1 aliphatic rings. The normalized spacial score (nSPS) is 24.8. The zero-order valence-corrected chi connectivity index (χ0v) is 8.15. The molecule has 1 heterocycles. The quantitative estimate of drug-likeness (QED) is 0.572. The molecule has 62 valence electrons. The van der Waals surface area contributed by atoms with Gasteiger partial charge in [0.2, 0.25) is 6.29 Å². The SMILES string of the molecule is O=C1OC(O)C(C(Cl)Cl)=C1Br. The summed E-state index contributed by atoms with van der Waals surface area (Å²) in [4.78, 5) is 9.76. The standard InChI is InChI=1S/C5H3BrCl2O3/c6-2-1(3(7)8)4(9)11-5(2)10/h3-4,9H. The van der Waals surface area contributed by atoms with Gasteiger partial charge in [0.05, 0.1) is 5.57 Å². The van der Waals surface area contributed by atoms with E-state index in [4.69, 9.17) is 28.3 Å². The van der Waals surface area contributed by atoms with Crippen molar-refractivity contribution >= 4 is 45.1 Å². The minimum atomic E-state index is -1.32. The molecule has 11 heavy (non-hydrogen) atoms. The highest BCUT2D eigenvalue weighted by Gasteiger charge is 2.34. The van der Waals surface area contributed by atoms with Crippen molar-refractivity contribution in [1.29, 1.82) is 0 Å². The first-order chi connectivity index (χ1) is 5.04. The van der Waals surface area contributed by atoms with E-state index in [-0.39, 0.29) is 10.1 Å². The molecule has 0 aromatic heterocycles. The molecule has 0 amide bonds. The number of cyclic esters (lactones) is 1. The van der Waals surface area contributed by atoms with Crippen LogP contribution < -0.4 is 0 Å². The number of ether oxygens (including phenoxy) is 1. The van der Waals surface area contributed by atoms with E-state index in [2.05, 4.69) is 20.7 Å². The molecule has 0 radical (unpaired) electrons. The zero-order valence-electron chi connectivity index (χ0n) is 5.05. The molecule has 1 rings (SSSR count). The van der Waals surface area contributed by atoms with Crippen LogP contribution in [0.3, 0.4) is 0 Å². The van der Waals surface area contributed by atoms with Crippen LogP contribution in [0.1, 0.15) is 0 Å². The third kappa shape index (κ3) is 1.69. The van der Waals surface area contributed by atoms with Crippen molar-refractivity contribution in [2.75, 3.05) is 0 Å². The molecule has 1 atom stereocenters. The molecule has 6 heteroatoms. The molecule has 0 spiro atoms. The highest BCUT2D eigenvalue weighted by Crippen LogP contribution is 2.32. The number of aliphatic hydroxyl groups is 1. The van der Waals surface area contributed by atoms with Gasteiger partial charge in [0, 0.05) is 0 Å². The Morgan fingerprint density at radius 3 is 2.36 bits per heavy atom. The van der Waals surface area contributed by atoms with Gasteiger partial charge in [-0.1, -0.05) is 0 Å². The molecule has 1 unspecified atom stereocenters. The maximum Gasteiger partial charge on any atom is 0.348 e. The fraction of sp³-hybridized carbons (Fsp3) is 0.400. The monoisotopic (exact) mass is 260 g/mol. The first-order valence-electron chi connectivity index (χ1n) is 2.60. The number of hydrogen-bond acceptors (Lipinski definition) is 3. The van der Waals surface area contributed by atoms with E-state index in [0.717, 1.165) is 0 Å². The predicted octanol–water partition coefficient (Wildman–Crippen LogP) is 1.31. The Morgan fingerprint density at radius 1 is 1.64 bits per heavy atom. The van der Waals surface area contributed by atoms with Crippen LogP contribution in [0, 0.1) is 0 Å². The third-order valence-electron chi connectivity index (χ3n) is 1.15. The Kier molecular flexibility index (Phi) is 2.80. The maximum absolute atomic E-state index is 10.7. The van der Waals surface area contributed by atoms with E-state index in [1.807, 2.05) is 0 Å². The number of aliphatic hydroxyl groups excluding tert-OH is 1. The van der Waals surface area contributed by atoms with Gasteiger partial charge in [-0.25, -0.2) is 4.79 Å². The molecular formula is C5H3BrCl2O3. The van der Waals surface area contributed by atoms with Crippen LogP contribution in [-0.4, -0.2) is 22.2 Å². The summed E-state index contributed by atoms with van der Waals surface area (Å²) < 4.78 is 4.47. The van der Waals surface area contributed by atoms with Crippen LogP contribution in [0.4, 0.5) is 0 Å². The number of carbonyl (C=O) groups excluding carboxylic acids is 1. The number of rotatable bonds is 1. The molecule has 0 aliphatic carbocycles. The third-order valence-corrected chi connectivity index (χ3v) is 2.40. The second-order valence-electron chi connectivity index (χ2n) is 1.83. The van der Waals surface area contributed by atoms with Crippen LogP contribution >= 0.6 is 39.1 Å². The molecule has 0 bridgehead atoms. The number of hydrogen-bond donors (Lipinski definition) is 1.